The van der Waals surface area contributed by atoms with Gasteiger partial charge >= 0.3 is 6.03 Å². The zero-order valence-electron chi connectivity index (χ0n) is 17.8. The fraction of sp³-hybridized carbons (Fsp3) is 0.400. The molecule has 0 radical (unpaired) electrons. The van der Waals surface area contributed by atoms with Crippen molar-refractivity contribution in [3.8, 4) is 0 Å². The van der Waals surface area contributed by atoms with Crippen molar-refractivity contribution in [3.05, 3.63) is 45.2 Å². The summed E-state index contributed by atoms with van der Waals surface area (Å²) in [5, 5.41) is 10.7. The number of carbonyl (C=O) groups excluding carboxylic acids is 3. The Bertz CT molecular complexity index is 1140. The summed E-state index contributed by atoms with van der Waals surface area (Å²) in [4.78, 5) is 44.1. The highest BCUT2D eigenvalue weighted by Gasteiger charge is 2.35. The van der Waals surface area contributed by atoms with Crippen molar-refractivity contribution in [1.29, 1.82) is 0 Å². The molecule has 1 aromatic heterocycles. The van der Waals surface area contributed by atoms with E-state index in [-0.39, 0.29) is 35.7 Å². The average molecular weight is 527 g/mol. The van der Waals surface area contributed by atoms with E-state index in [1.165, 1.54) is 18.9 Å². The summed E-state index contributed by atoms with van der Waals surface area (Å²) in [6.45, 7) is 2.20. The van der Waals surface area contributed by atoms with E-state index in [4.69, 9.17) is 4.84 Å². The van der Waals surface area contributed by atoms with Gasteiger partial charge in [0.15, 0.2) is 5.82 Å². The van der Waals surface area contributed by atoms with Gasteiger partial charge in [-0.2, -0.15) is 5.10 Å². The highest BCUT2D eigenvalue weighted by Crippen LogP contribution is 2.28. The normalized spacial score (nSPS) is 17.8. The molecule has 1 atom stereocenters. The number of nitrogens with one attached hydrogen (secondary N) is 2. The van der Waals surface area contributed by atoms with Crippen LogP contribution in [0.5, 0.6) is 0 Å². The zero-order valence-corrected chi connectivity index (χ0v) is 19.4. The summed E-state index contributed by atoms with van der Waals surface area (Å²) in [5.41, 5.74) is 1.40. The Labute approximate surface area is 195 Å². The van der Waals surface area contributed by atoms with Crippen LogP contribution in [0.1, 0.15) is 28.7 Å². The minimum Gasteiger partial charge on any atom is -0.354 e. The van der Waals surface area contributed by atoms with Gasteiger partial charge in [0.25, 0.3) is 5.91 Å². The van der Waals surface area contributed by atoms with Crippen LogP contribution in [0.2, 0.25) is 0 Å². The monoisotopic (exact) mass is 526 g/mol. The fourth-order valence-corrected chi connectivity index (χ4v) is 4.14. The molecular weight excluding hydrogens is 506 g/mol. The highest BCUT2D eigenvalue weighted by atomic mass is 79.9. The van der Waals surface area contributed by atoms with E-state index in [1.807, 2.05) is 0 Å². The number of hydroxylamine groups is 2. The van der Waals surface area contributed by atoms with Crippen LogP contribution in [-0.2, 0) is 29.1 Å². The minimum absolute atomic E-state index is 0.0798. The molecule has 2 aliphatic heterocycles. The third-order valence-corrected chi connectivity index (χ3v) is 6.14. The van der Waals surface area contributed by atoms with Gasteiger partial charge in [-0.15, -0.1) is 0 Å². The molecule has 0 saturated heterocycles. The van der Waals surface area contributed by atoms with E-state index < -0.39 is 29.7 Å². The summed E-state index contributed by atoms with van der Waals surface area (Å²) in [7, 11) is 1.47. The Kier molecular flexibility index (Phi) is 6.34. The Morgan fingerprint density at radius 1 is 1.33 bits per heavy atom. The van der Waals surface area contributed by atoms with Gasteiger partial charge in [-0.3, -0.25) is 19.1 Å². The Hall–Kier alpha value is -3.06. The summed E-state index contributed by atoms with van der Waals surface area (Å²) in [6, 6.07) is 1.59. The lowest BCUT2D eigenvalue weighted by Crippen LogP contribution is -2.40. The maximum absolute atomic E-state index is 14.3. The zero-order chi connectivity index (χ0) is 23.9. The molecule has 0 saturated carbocycles. The summed E-state index contributed by atoms with van der Waals surface area (Å²) >= 11 is 2.81. The molecule has 0 unspecified atom stereocenters. The largest absolute Gasteiger partial charge is 0.354 e. The van der Waals surface area contributed by atoms with Crippen LogP contribution in [0, 0.1) is 11.6 Å². The second kappa shape index (κ2) is 9.06. The van der Waals surface area contributed by atoms with Gasteiger partial charge < -0.3 is 15.5 Å². The predicted octanol–water partition coefficient (Wildman–Crippen LogP) is 2.04. The molecule has 0 spiro atoms. The topological polar surface area (TPSA) is 109 Å². The van der Waals surface area contributed by atoms with Crippen molar-refractivity contribution in [1.82, 2.24) is 25.1 Å². The molecule has 0 fully saturated rings. The van der Waals surface area contributed by atoms with Crippen LogP contribution >= 0.6 is 15.9 Å². The first kappa shape index (κ1) is 23.1. The number of amides is 4. The van der Waals surface area contributed by atoms with E-state index in [2.05, 4.69) is 31.7 Å². The molecule has 13 heteroatoms. The van der Waals surface area contributed by atoms with Crippen molar-refractivity contribution in [2.45, 2.75) is 32.5 Å². The molecule has 0 bridgehead atoms. The second-order valence-electron chi connectivity index (χ2n) is 7.75. The van der Waals surface area contributed by atoms with Crippen molar-refractivity contribution in [2.75, 3.05) is 25.5 Å². The lowest BCUT2D eigenvalue weighted by atomic mass is 10.1. The maximum atomic E-state index is 14.3. The average Bonchev–Trinajstić information content (AvgIpc) is 3.08. The number of nitrogens with zero attached hydrogens (tertiary/aromatic N) is 4. The maximum Gasteiger partial charge on any atom is 0.322 e. The summed E-state index contributed by atoms with van der Waals surface area (Å²) in [6.07, 6.45) is -0.114. The molecule has 4 amide bonds. The first-order chi connectivity index (χ1) is 15.7. The second-order valence-corrected chi connectivity index (χ2v) is 8.54. The van der Waals surface area contributed by atoms with Crippen LogP contribution in [-0.4, -0.2) is 63.8 Å². The van der Waals surface area contributed by atoms with Gasteiger partial charge in [0, 0.05) is 39.0 Å². The van der Waals surface area contributed by atoms with Crippen LogP contribution in [0.25, 0.3) is 0 Å². The number of rotatable bonds is 3. The highest BCUT2D eigenvalue weighted by molar-refractivity contribution is 9.10. The van der Waals surface area contributed by atoms with Gasteiger partial charge in [0.05, 0.1) is 28.9 Å². The van der Waals surface area contributed by atoms with E-state index >= 15 is 0 Å². The predicted molar refractivity (Wildman–Crippen MR) is 115 cm³/mol. The Morgan fingerprint density at radius 2 is 2.09 bits per heavy atom. The number of fused-ring (bicyclic) bond motifs is 3. The number of carbonyl (C=O) groups is 3. The molecule has 33 heavy (non-hydrogen) atoms. The Morgan fingerprint density at radius 3 is 2.82 bits per heavy atom. The van der Waals surface area contributed by atoms with Crippen LogP contribution < -0.4 is 10.6 Å². The van der Waals surface area contributed by atoms with Gasteiger partial charge in [0.2, 0.25) is 5.91 Å². The minimum atomic E-state index is -0.917. The number of aromatic nitrogens is 2. The molecule has 176 valence electrons. The first-order valence-corrected chi connectivity index (χ1v) is 10.9. The third kappa shape index (κ3) is 4.55. The molecule has 1 aromatic carbocycles. The Balaban J connectivity index is 1.55. The third-order valence-electron chi connectivity index (χ3n) is 5.42. The van der Waals surface area contributed by atoms with E-state index in [1.54, 1.807) is 4.68 Å². The standard InChI is InChI=1S/C20H21BrF2N6O4/c1-10(30)24-7-11-8-29-18(19(31)27(2)33-11)12-9-28(6-5-14(12)26-29)20(32)25-15-4-3-13(22)16(21)17(15)23/h3-4,11H,5-9H2,1-2H3,(H,24,30)(H,25,32)/t11-/m1/s1. The molecule has 4 rings (SSSR count). The number of benzene rings is 1. The van der Waals surface area contributed by atoms with Crippen LogP contribution in [0.15, 0.2) is 16.6 Å². The van der Waals surface area contributed by atoms with Crippen molar-refractivity contribution < 1.29 is 28.0 Å². The quantitative estimate of drug-likeness (QED) is 0.595. The fourth-order valence-electron chi connectivity index (χ4n) is 3.79. The van der Waals surface area contributed by atoms with Crippen LogP contribution in [0.3, 0.4) is 0 Å². The SMILES string of the molecule is CC(=O)NC[C@@H]1Cn2nc3c(c2C(=O)N(C)O1)CN(C(=O)Nc1ccc(F)c(Br)c1F)CC3. The molecule has 10 nitrogen and oxygen atoms in total. The number of halogens is 3. The molecule has 3 heterocycles. The van der Waals surface area contributed by atoms with Gasteiger partial charge in [-0.25, -0.2) is 18.6 Å². The van der Waals surface area contributed by atoms with Crippen molar-refractivity contribution >= 4 is 39.5 Å². The molecule has 0 aliphatic carbocycles. The molecular formula is C20H21BrF2N6O4. The summed E-state index contributed by atoms with van der Waals surface area (Å²) < 4.78 is 28.9. The molecule has 2 aromatic rings. The summed E-state index contributed by atoms with van der Waals surface area (Å²) in [5.74, 6) is -2.34. The number of hydrogen-bond donors (Lipinski definition) is 2. The first-order valence-electron chi connectivity index (χ1n) is 10.1. The van der Waals surface area contributed by atoms with Crippen LogP contribution in [0.4, 0.5) is 19.3 Å². The lowest BCUT2D eigenvalue weighted by Gasteiger charge is -2.27. The lowest BCUT2D eigenvalue weighted by molar-refractivity contribution is -0.148. The van der Waals surface area contributed by atoms with Crippen molar-refractivity contribution in [3.63, 3.8) is 0 Å². The molecule has 2 aliphatic rings. The smallest absolute Gasteiger partial charge is 0.322 e. The van der Waals surface area contributed by atoms with E-state index in [0.29, 0.717) is 29.9 Å². The van der Waals surface area contributed by atoms with E-state index in [9.17, 15) is 23.2 Å². The number of urea groups is 1. The van der Waals surface area contributed by atoms with E-state index in [0.717, 1.165) is 17.2 Å². The van der Waals surface area contributed by atoms with Crippen molar-refractivity contribution in [2.24, 2.45) is 0 Å². The van der Waals surface area contributed by atoms with Gasteiger partial charge in [-0.1, -0.05) is 0 Å². The van der Waals surface area contributed by atoms with Gasteiger partial charge in [0.1, 0.15) is 17.6 Å². The number of anilines is 1. The molecule has 2 N–H and O–H groups in total. The number of hydrogen-bond acceptors (Lipinski definition) is 5. The van der Waals surface area contributed by atoms with Gasteiger partial charge in [-0.05, 0) is 28.1 Å².